The molecule has 120 valence electrons. The number of para-hydroxylation sites is 2. The number of hydrogen-bond donors (Lipinski definition) is 1. The molecule has 2 rings (SSSR count). The van der Waals surface area contributed by atoms with Gasteiger partial charge in [0.1, 0.15) is 11.5 Å². The van der Waals surface area contributed by atoms with Crippen molar-refractivity contribution in [2.24, 2.45) is 5.10 Å². The fraction of sp³-hybridized carbons (Fsp3) is 0.200. The molecular formula is C15H15N3O5. The normalized spacial score (nSPS) is 12.1. The summed E-state index contributed by atoms with van der Waals surface area (Å²) in [6.45, 7) is 3.26. The van der Waals surface area contributed by atoms with Crippen LogP contribution >= 0.6 is 0 Å². The van der Waals surface area contributed by atoms with Gasteiger partial charge in [-0.25, -0.2) is 5.43 Å². The Morgan fingerprint density at radius 1 is 1.39 bits per heavy atom. The smallest absolute Gasteiger partial charge is 0.310 e. The summed E-state index contributed by atoms with van der Waals surface area (Å²) < 4.78 is 10.6. The van der Waals surface area contributed by atoms with E-state index in [2.05, 4.69) is 10.5 Å². The largest absolute Gasteiger partial charge is 0.474 e. The molecule has 0 aliphatic heterocycles. The third kappa shape index (κ3) is 4.40. The standard InChI is InChI=1S/C15H15N3O5/c1-10-7-8-12(22-10)9-16-17-15(19)11(2)23-14-6-4-3-5-13(14)18(20)21/h3-9,11H,1-2H3,(H,17,19). The topological polar surface area (TPSA) is 107 Å². The summed E-state index contributed by atoms with van der Waals surface area (Å²) in [5.74, 6) is 0.703. The summed E-state index contributed by atoms with van der Waals surface area (Å²) in [5, 5.41) is 14.6. The van der Waals surface area contributed by atoms with Crippen molar-refractivity contribution in [3.05, 3.63) is 58.0 Å². The third-order valence-electron chi connectivity index (χ3n) is 2.86. The van der Waals surface area contributed by atoms with Gasteiger partial charge in [0.25, 0.3) is 5.91 Å². The quantitative estimate of drug-likeness (QED) is 0.500. The van der Waals surface area contributed by atoms with E-state index in [1.807, 2.05) is 0 Å². The maximum absolute atomic E-state index is 11.9. The van der Waals surface area contributed by atoms with E-state index in [0.717, 1.165) is 5.76 Å². The lowest BCUT2D eigenvalue weighted by molar-refractivity contribution is -0.386. The van der Waals surface area contributed by atoms with Crippen LogP contribution in [0.2, 0.25) is 0 Å². The van der Waals surface area contributed by atoms with Crippen molar-refractivity contribution in [2.45, 2.75) is 20.0 Å². The number of ether oxygens (including phenoxy) is 1. The molecule has 0 spiro atoms. The summed E-state index contributed by atoms with van der Waals surface area (Å²) in [5.41, 5.74) is 2.08. The second kappa shape index (κ2) is 7.21. The highest BCUT2D eigenvalue weighted by Crippen LogP contribution is 2.26. The number of rotatable bonds is 6. The van der Waals surface area contributed by atoms with Crippen LogP contribution in [-0.4, -0.2) is 23.1 Å². The summed E-state index contributed by atoms with van der Waals surface area (Å²) >= 11 is 0. The van der Waals surface area contributed by atoms with Crippen LogP contribution < -0.4 is 10.2 Å². The summed E-state index contributed by atoms with van der Waals surface area (Å²) in [4.78, 5) is 22.2. The van der Waals surface area contributed by atoms with Crippen LogP contribution in [0.3, 0.4) is 0 Å². The van der Waals surface area contributed by atoms with Gasteiger partial charge in [0, 0.05) is 6.07 Å². The molecule has 0 fully saturated rings. The minimum Gasteiger partial charge on any atom is -0.474 e. The molecule has 1 aromatic heterocycles. The van der Waals surface area contributed by atoms with Crippen LogP contribution in [0.5, 0.6) is 5.75 Å². The number of carbonyl (C=O) groups excluding carboxylic acids is 1. The van der Waals surface area contributed by atoms with Crippen molar-refractivity contribution >= 4 is 17.8 Å². The van der Waals surface area contributed by atoms with Gasteiger partial charge in [-0.3, -0.25) is 14.9 Å². The number of carbonyl (C=O) groups is 1. The molecule has 0 radical (unpaired) electrons. The lowest BCUT2D eigenvalue weighted by Crippen LogP contribution is -2.33. The lowest BCUT2D eigenvalue weighted by Gasteiger charge is -2.12. The number of nitrogens with one attached hydrogen (secondary N) is 1. The monoisotopic (exact) mass is 317 g/mol. The Morgan fingerprint density at radius 2 is 2.13 bits per heavy atom. The molecule has 0 saturated carbocycles. The summed E-state index contributed by atoms with van der Waals surface area (Å²) in [6, 6.07) is 9.31. The van der Waals surface area contributed by atoms with Crippen LogP contribution in [0.15, 0.2) is 45.9 Å². The zero-order chi connectivity index (χ0) is 16.8. The van der Waals surface area contributed by atoms with Crippen molar-refractivity contribution in [2.75, 3.05) is 0 Å². The van der Waals surface area contributed by atoms with E-state index in [1.54, 1.807) is 25.1 Å². The van der Waals surface area contributed by atoms with Crippen molar-refractivity contribution in [1.29, 1.82) is 0 Å². The highest BCUT2D eigenvalue weighted by Gasteiger charge is 2.20. The number of amides is 1. The van der Waals surface area contributed by atoms with Gasteiger partial charge in [-0.15, -0.1) is 0 Å². The number of hydrazone groups is 1. The Morgan fingerprint density at radius 3 is 2.78 bits per heavy atom. The molecule has 1 heterocycles. The van der Waals surface area contributed by atoms with Crippen LogP contribution in [0, 0.1) is 17.0 Å². The van der Waals surface area contributed by atoms with Crippen molar-refractivity contribution in [1.82, 2.24) is 5.43 Å². The number of benzene rings is 1. The third-order valence-corrected chi connectivity index (χ3v) is 2.86. The Kier molecular flexibility index (Phi) is 5.08. The molecule has 1 aromatic carbocycles. The zero-order valence-electron chi connectivity index (χ0n) is 12.6. The van der Waals surface area contributed by atoms with E-state index >= 15 is 0 Å². The molecule has 8 heteroatoms. The lowest BCUT2D eigenvalue weighted by atomic mass is 10.3. The Hall–Kier alpha value is -3.16. The average molecular weight is 317 g/mol. The molecule has 23 heavy (non-hydrogen) atoms. The number of hydrogen-bond acceptors (Lipinski definition) is 6. The summed E-state index contributed by atoms with van der Waals surface area (Å²) in [6.07, 6.45) is 0.398. The van der Waals surface area contributed by atoms with Crippen LogP contribution in [0.4, 0.5) is 5.69 Å². The molecule has 1 atom stereocenters. The first-order valence-electron chi connectivity index (χ1n) is 6.77. The van der Waals surface area contributed by atoms with Gasteiger partial charge >= 0.3 is 5.69 Å². The van der Waals surface area contributed by atoms with E-state index in [-0.39, 0.29) is 11.4 Å². The highest BCUT2D eigenvalue weighted by molar-refractivity contribution is 5.83. The van der Waals surface area contributed by atoms with E-state index < -0.39 is 16.9 Å². The molecule has 0 aliphatic carbocycles. The van der Waals surface area contributed by atoms with Gasteiger partial charge < -0.3 is 9.15 Å². The zero-order valence-corrected chi connectivity index (χ0v) is 12.6. The average Bonchev–Trinajstić information content (AvgIpc) is 2.93. The second-order valence-electron chi connectivity index (χ2n) is 4.67. The number of nitro groups is 1. The highest BCUT2D eigenvalue weighted by atomic mass is 16.6. The van der Waals surface area contributed by atoms with Crippen molar-refractivity contribution < 1.29 is 18.9 Å². The van der Waals surface area contributed by atoms with Crippen LogP contribution in [0.1, 0.15) is 18.4 Å². The fourth-order valence-electron chi connectivity index (χ4n) is 1.72. The Labute approximate surface area is 131 Å². The first kappa shape index (κ1) is 16.2. The van der Waals surface area contributed by atoms with Crippen molar-refractivity contribution in [3.63, 3.8) is 0 Å². The number of aryl methyl sites for hydroxylation is 1. The first-order valence-corrected chi connectivity index (χ1v) is 6.77. The number of nitro benzene ring substituents is 1. The van der Waals surface area contributed by atoms with E-state index in [4.69, 9.17) is 9.15 Å². The van der Waals surface area contributed by atoms with E-state index in [1.165, 1.54) is 31.3 Å². The Bertz CT molecular complexity index is 738. The molecule has 1 N–H and O–H groups in total. The van der Waals surface area contributed by atoms with Gasteiger partial charge in [0.05, 0.1) is 11.1 Å². The predicted octanol–water partition coefficient (Wildman–Crippen LogP) is 2.41. The molecular weight excluding hydrogens is 302 g/mol. The maximum Gasteiger partial charge on any atom is 0.310 e. The minimum absolute atomic E-state index is 0.0192. The molecule has 0 aliphatic rings. The van der Waals surface area contributed by atoms with Crippen LogP contribution in [0.25, 0.3) is 0 Å². The SMILES string of the molecule is Cc1ccc(C=NNC(=O)C(C)Oc2ccccc2[N+](=O)[O-])o1. The van der Waals surface area contributed by atoms with Gasteiger partial charge in [-0.2, -0.15) is 5.10 Å². The van der Waals surface area contributed by atoms with Gasteiger partial charge in [0.15, 0.2) is 11.9 Å². The second-order valence-corrected chi connectivity index (χ2v) is 4.67. The van der Waals surface area contributed by atoms with E-state index in [0.29, 0.717) is 5.76 Å². The molecule has 0 saturated heterocycles. The first-order chi connectivity index (χ1) is 11.0. The molecule has 0 bridgehead atoms. The summed E-state index contributed by atoms with van der Waals surface area (Å²) in [7, 11) is 0. The molecule has 8 nitrogen and oxygen atoms in total. The minimum atomic E-state index is -0.952. The van der Waals surface area contributed by atoms with Crippen LogP contribution in [-0.2, 0) is 4.79 Å². The maximum atomic E-state index is 11.9. The van der Waals surface area contributed by atoms with Gasteiger partial charge in [-0.05, 0) is 32.0 Å². The molecule has 1 amide bonds. The predicted molar refractivity (Wildman–Crippen MR) is 82.4 cm³/mol. The fourth-order valence-corrected chi connectivity index (χ4v) is 1.72. The molecule has 2 aromatic rings. The Balaban J connectivity index is 1.95. The van der Waals surface area contributed by atoms with Gasteiger partial charge in [-0.1, -0.05) is 12.1 Å². The van der Waals surface area contributed by atoms with E-state index in [9.17, 15) is 14.9 Å². The number of nitrogens with zero attached hydrogens (tertiary/aromatic N) is 2. The van der Waals surface area contributed by atoms with Gasteiger partial charge in [0.2, 0.25) is 0 Å². The van der Waals surface area contributed by atoms with Crippen molar-refractivity contribution in [3.8, 4) is 5.75 Å². The molecule has 1 unspecified atom stereocenters. The number of furan rings is 1.